The van der Waals surface area contributed by atoms with E-state index < -0.39 is 11.9 Å². The van der Waals surface area contributed by atoms with E-state index >= 15 is 0 Å². The maximum absolute atomic E-state index is 12.3. The summed E-state index contributed by atoms with van der Waals surface area (Å²) in [6, 6.07) is 14.7. The van der Waals surface area contributed by atoms with Crippen molar-refractivity contribution in [1.82, 2.24) is 0 Å². The lowest BCUT2D eigenvalue weighted by atomic mass is 10.2. The molecule has 0 spiro atoms. The summed E-state index contributed by atoms with van der Waals surface area (Å²) in [7, 11) is 1.63. The second-order valence-electron chi connectivity index (χ2n) is 5.10. The number of likely N-dealkylation sites (N-methyl/N-ethyl adjacent to an activating group) is 1. The molecule has 0 radical (unpaired) electrons. The minimum Gasteiger partial charge on any atom is -0.449 e. The average Bonchev–Trinajstić information content (AvgIpc) is 3.11. The third kappa shape index (κ3) is 4.82. The van der Waals surface area contributed by atoms with Crippen molar-refractivity contribution in [2.45, 2.75) is 0 Å². The third-order valence-electron chi connectivity index (χ3n) is 3.30. The molecular formula is C18H15N3O4S. The van der Waals surface area contributed by atoms with Gasteiger partial charge in [-0.05, 0) is 11.6 Å². The number of ether oxygens (including phenoxy) is 2. The summed E-state index contributed by atoms with van der Waals surface area (Å²) >= 11 is 1.21. The highest BCUT2D eigenvalue weighted by Gasteiger charge is 2.22. The fourth-order valence-corrected chi connectivity index (χ4v) is 3.26. The topological polar surface area (TPSA) is 103 Å². The molecular weight excluding hydrogens is 354 g/mol. The molecule has 132 valence electrons. The summed E-state index contributed by atoms with van der Waals surface area (Å²) in [6.07, 6.45) is 0. The highest BCUT2D eigenvalue weighted by atomic mass is 32.1. The molecule has 0 saturated carbocycles. The van der Waals surface area contributed by atoms with Crippen LogP contribution in [0.4, 0.5) is 5.69 Å². The summed E-state index contributed by atoms with van der Waals surface area (Å²) in [4.78, 5) is 26.7. The van der Waals surface area contributed by atoms with Gasteiger partial charge in [0, 0.05) is 11.9 Å². The van der Waals surface area contributed by atoms with E-state index in [1.807, 2.05) is 30.3 Å². The van der Waals surface area contributed by atoms with Crippen molar-refractivity contribution in [1.29, 1.82) is 10.5 Å². The molecule has 1 aromatic carbocycles. The number of benzene rings is 1. The highest BCUT2D eigenvalue weighted by molar-refractivity contribution is 7.18. The number of rotatable bonds is 7. The van der Waals surface area contributed by atoms with Crippen LogP contribution in [0.1, 0.15) is 9.67 Å². The second-order valence-corrected chi connectivity index (χ2v) is 6.15. The molecule has 0 amide bonds. The number of nitrogens with zero attached hydrogens (tertiary/aromatic N) is 3. The maximum Gasteiger partial charge on any atom is 0.351 e. The van der Waals surface area contributed by atoms with Crippen LogP contribution in [0.5, 0.6) is 0 Å². The summed E-state index contributed by atoms with van der Waals surface area (Å²) in [5, 5.41) is 17.1. The molecule has 0 N–H and O–H groups in total. The normalized spacial score (nSPS) is 9.65. The van der Waals surface area contributed by atoms with Crippen LogP contribution in [0, 0.1) is 22.7 Å². The molecule has 2 aromatic rings. The van der Waals surface area contributed by atoms with Gasteiger partial charge in [-0.15, -0.1) is 11.3 Å². The summed E-state index contributed by atoms with van der Waals surface area (Å²) in [6.45, 7) is -0.821. The fourth-order valence-electron chi connectivity index (χ4n) is 2.16. The molecule has 0 aliphatic heterocycles. The van der Waals surface area contributed by atoms with Crippen LogP contribution in [0.3, 0.4) is 0 Å². The van der Waals surface area contributed by atoms with Gasteiger partial charge in [0.15, 0.2) is 13.2 Å². The van der Waals surface area contributed by atoms with E-state index in [2.05, 4.69) is 0 Å². The van der Waals surface area contributed by atoms with E-state index in [4.69, 9.17) is 20.0 Å². The van der Waals surface area contributed by atoms with Crippen LogP contribution in [0.25, 0.3) is 10.4 Å². The second kappa shape index (κ2) is 9.21. The molecule has 2 rings (SSSR count). The molecule has 8 heteroatoms. The van der Waals surface area contributed by atoms with Gasteiger partial charge in [-0.3, -0.25) is 4.79 Å². The molecule has 0 atom stereocenters. The van der Waals surface area contributed by atoms with Gasteiger partial charge in [-0.1, -0.05) is 30.3 Å². The summed E-state index contributed by atoms with van der Waals surface area (Å²) in [5.74, 6) is -1.22. The number of carbonyl (C=O) groups is 2. The Labute approximate surface area is 154 Å². The predicted molar refractivity (Wildman–Crippen MR) is 95.5 cm³/mol. The zero-order chi connectivity index (χ0) is 18.9. The zero-order valence-electron chi connectivity index (χ0n) is 14.0. The monoisotopic (exact) mass is 369 g/mol. The van der Waals surface area contributed by atoms with Gasteiger partial charge < -0.3 is 14.4 Å². The Balaban J connectivity index is 2.31. The zero-order valence-corrected chi connectivity index (χ0v) is 14.8. The summed E-state index contributed by atoms with van der Waals surface area (Å²) < 4.78 is 9.65. The standard InChI is InChI=1S/C18H15N3O4S/c1-21(12-16(22)24-9-7-19)14-11-15(13-5-3-2-4-6-13)26-17(14)18(23)25-10-8-20/h2-6,11H,9-10,12H2,1H3. The number of thiophene rings is 1. The Hall–Kier alpha value is -3.36. The van der Waals surface area contributed by atoms with E-state index in [1.165, 1.54) is 11.3 Å². The maximum atomic E-state index is 12.3. The van der Waals surface area contributed by atoms with E-state index in [0.29, 0.717) is 5.69 Å². The molecule has 0 saturated heterocycles. The van der Waals surface area contributed by atoms with Gasteiger partial charge in [0.25, 0.3) is 0 Å². The smallest absolute Gasteiger partial charge is 0.351 e. The SMILES string of the molecule is CN(CC(=O)OCC#N)c1cc(-c2ccccc2)sc1C(=O)OCC#N. The molecule has 1 heterocycles. The first-order valence-electron chi connectivity index (χ1n) is 7.54. The molecule has 1 aromatic heterocycles. The summed E-state index contributed by atoms with van der Waals surface area (Å²) in [5.41, 5.74) is 1.41. The molecule has 0 aliphatic carbocycles. The lowest BCUT2D eigenvalue weighted by Crippen LogP contribution is -2.28. The van der Waals surface area contributed by atoms with Crippen molar-refractivity contribution in [3.05, 3.63) is 41.3 Å². The molecule has 7 nitrogen and oxygen atoms in total. The molecule has 26 heavy (non-hydrogen) atoms. The van der Waals surface area contributed by atoms with E-state index in [9.17, 15) is 9.59 Å². The lowest BCUT2D eigenvalue weighted by Gasteiger charge is -2.17. The Morgan fingerprint density at radius 2 is 1.77 bits per heavy atom. The van der Waals surface area contributed by atoms with Crippen LogP contribution in [-0.2, 0) is 14.3 Å². The van der Waals surface area contributed by atoms with Gasteiger partial charge in [0.05, 0.1) is 5.69 Å². The van der Waals surface area contributed by atoms with Crippen LogP contribution in [0.2, 0.25) is 0 Å². The number of hydrogen-bond donors (Lipinski definition) is 0. The molecule has 0 bridgehead atoms. The third-order valence-corrected chi connectivity index (χ3v) is 4.45. The Bertz CT molecular complexity index is 865. The Morgan fingerprint density at radius 1 is 1.12 bits per heavy atom. The number of nitriles is 2. The Morgan fingerprint density at radius 3 is 2.42 bits per heavy atom. The van der Waals surface area contributed by atoms with E-state index in [0.717, 1.165) is 10.4 Å². The van der Waals surface area contributed by atoms with Gasteiger partial charge in [-0.2, -0.15) is 10.5 Å². The first kappa shape index (κ1) is 19.0. The van der Waals surface area contributed by atoms with Crippen molar-refractivity contribution in [3.63, 3.8) is 0 Å². The number of esters is 2. The van der Waals surface area contributed by atoms with Crippen LogP contribution in [-0.4, -0.2) is 38.7 Å². The Kier molecular flexibility index (Phi) is 6.72. The highest BCUT2D eigenvalue weighted by Crippen LogP contribution is 2.36. The van der Waals surface area contributed by atoms with Crippen molar-refractivity contribution in [3.8, 4) is 22.6 Å². The number of carbonyl (C=O) groups excluding carboxylic acids is 2. The minimum atomic E-state index is -0.633. The molecule has 0 fully saturated rings. The first-order chi connectivity index (χ1) is 12.6. The van der Waals surface area contributed by atoms with Crippen LogP contribution >= 0.6 is 11.3 Å². The quantitative estimate of drug-likeness (QED) is 0.691. The van der Waals surface area contributed by atoms with E-state index in [-0.39, 0.29) is 24.6 Å². The van der Waals surface area contributed by atoms with Gasteiger partial charge in [0.2, 0.25) is 0 Å². The minimum absolute atomic E-state index is 0.134. The van der Waals surface area contributed by atoms with Gasteiger partial charge in [0.1, 0.15) is 23.6 Å². The molecule has 0 unspecified atom stereocenters. The average molecular weight is 369 g/mol. The van der Waals surface area contributed by atoms with Crippen molar-refractivity contribution in [2.24, 2.45) is 0 Å². The van der Waals surface area contributed by atoms with Crippen molar-refractivity contribution < 1.29 is 19.1 Å². The van der Waals surface area contributed by atoms with Crippen molar-refractivity contribution in [2.75, 3.05) is 31.7 Å². The lowest BCUT2D eigenvalue weighted by molar-refractivity contribution is -0.140. The van der Waals surface area contributed by atoms with Crippen LogP contribution in [0.15, 0.2) is 36.4 Å². The predicted octanol–water partition coefficient (Wildman–Crippen LogP) is 2.60. The molecule has 0 aliphatic rings. The van der Waals surface area contributed by atoms with E-state index in [1.54, 1.807) is 30.2 Å². The van der Waals surface area contributed by atoms with Crippen molar-refractivity contribution >= 4 is 29.0 Å². The number of hydrogen-bond acceptors (Lipinski definition) is 8. The van der Waals surface area contributed by atoms with Gasteiger partial charge >= 0.3 is 11.9 Å². The first-order valence-corrected chi connectivity index (χ1v) is 8.35. The fraction of sp³-hybridized carbons (Fsp3) is 0.222. The van der Waals surface area contributed by atoms with Crippen LogP contribution < -0.4 is 4.90 Å². The largest absolute Gasteiger partial charge is 0.449 e. The van der Waals surface area contributed by atoms with Gasteiger partial charge in [-0.25, -0.2) is 4.79 Å². The number of anilines is 1.